The first kappa shape index (κ1) is 6.65. The molecule has 1 heterocycles. The predicted octanol–water partition coefficient (Wildman–Crippen LogP) is 1.17. The van der Waals surface area contributed by atoms with E-state index in [0.29, 0.717) is 5.15 Å². The van der Waals surface area contributed by atoms with Gasteiger partial charge in [-0.25, -0.2) is 0 Å². The lowest BCUT2D eigenvalue weighted by Crippen LogP contribution is -1.82. The molecule has 1 aromatic rings. The van der Waals surface area contributed by atoms with Crippen molar-refractivity contribution in [2.24, 2.45) is 7.05 Å². The fourth-order valence-electron chi connectivity index (χ4n) is 0.689. The molecule has 3 heteroatoms. The molecular formula is C6H8ClNO. The highest BCUT2D eigenvalue weighted by atomic mass is 35.5. The van der Waals surface area contributed by atoms with Crippen LogP contribution in [0.4, 0.5) is 0 Å². The molecule has 50 valence electrons. The molecule has 0 aromatic carbocycles. The van der Waals surface area contributed by atoms with Crippen LogP contribution in [0.15, 0.2) is 12.3 Å². The molecule has 0 unspecified atom stereocenters. The summed E-state index contributed by atoms with van der Waals surface area (Å²) in [5, 5.41) is 9.26. The van der Waals surface area contributed by atoms with Gasteiger partial charge in [0, 0.05) is 13.2 Å². The average Bonchev–Trinajstić information content (AvgIpc) is 2.13. The molecule has 2 nitrogen and oxygen atoms in total. The molecule has 0 amide bonds. The Morgan fingerprint density at radius 3 is 2.67 bits per heavy atom. The van der Waals surface area contributed by atoms with Crippen molar-refractivity contribution < 1.29 is 5.11 Å². The minimum Gasteiger partial charge on any atom is -0.392 e. The zero-order valence-corrected chi connectivity index (χ0v) is 5.89. The van der Waals surface area contributed by atoms with Crippen LogP contribution in [0.3, 0.4) is 0 Å². The summed E-state index contributed by atoms with van der Waals surface area (Å²) in [6.45, 7) is 0.0561. The van der Waals surface area contributed by atoms with Gasteiger partial charge in [-0.1, -0.05) is 11.6 Å². The molecule has 1 aromatic heterocycles. The first-order chi connectivity index (χ1) is 4.24. The molecule has 0 saturated heterocycles. The van der Waals surface area contributed by atoms with Gasteiger partial charge < -0.3 is 9.67 Å². The average molecular weight is 146 g/mol. The molecule has 0 atom stereocenters. The lowest BCUT2D eigenvalue weighted by molar-refractivity contribution is 0.282. The van der Waals surface area contributed by atoms with Crippen molar-refractivity contribution in [1.29, 1.82) is 0 Å². The third kappa shape index (κ3) is 1.26. The van der Waals surface area contributed by atoms with E-state index in [1.54, 1.807) is 16.8 Å². The van der Waals surface area contributed by atoms with Gasteiger partial charge >= 0.3 is 0 Å². The van der Waals surface area contributed by atoms with Crippen LogP contribution < -0.4 is 0 Å². The SMILES string of the molecule is Cn1cc(CO)cc1Cl. The number of aliphatic hydroxyl groups excluding tert-OH is 1. The second-order valence-corrected chi connectivity index (χ2v) is 2.33. The molecule has 0 fully saturated rings. The summed E-state index contributed by atoms with van der Waals surface area (Å²) < 4.78 is 1.76. The van der Waals surface area contributed by atoms with E-state index in [9.17, 15) is 0 Å². The number of aromatic nitrogens is 1. The summed E-state index contributed by atoms with van der Waals surface area (Å²) in [5.41, 5.74) is 0.850. The van der Waals surface area contributed by atoms with Gasteiger partial charge in [-0.2, -0.15) is 0 Å². The van der Waals surface area contributed by atoms with Crippen molar-refractivity contribution in [3.8, 4) is 0 Å². The molecule has 0 saturated carbocycles. The lowest BCUT2D eigenvalue weighted by Gasteiger charge is -1.87. The van der Waals surface area contributed by atoms with Gasteiger partial charge in [0.05, 0.1) is 6.61 Å². The van der Waals surface area contributed by atoms with Gasteiger partial charge in [0.2, 0.25) is 0 Å². The van der Waals surface area contributed by atoms with Crippen molar-refractivity contribution in [3.05, 3.63) is 23.0 Å². The van der Waals surface area contributed by atoms with Crippen molar-refractivity contribution in [1.82, 2.24) is 4.57 Å². The zero-order valence-electron chi connectivity index (χ0n) is 5.13. The Morgan fingerprint density at radius 2 is 2.44 bits per heavy atom. The fourth-order valence-corrected chi connectivity index (χ4v) is 0.878. The van der Waals surface area contributed by atoms with E-state index < -0.39 is 0 Å². The van der Waals surface area contributed by atoms with Crippen molar-refractivity contribution in [2.45, 2.75) is 6.61 Å². The Morgan fingerprint density at radius 1 is 1.78 bits per heavy atom. The topological polar surface area (TPSA) is 25.2 Å². The summed E-state index contributed by atoms with van der Waals surface area (Å²) in [6.07, 6.45) is 1.79. The molecule has 0 radical (unpaired) electrons. The van der Waals surface area contributed by atoms with E-state index in [1.165, 1.54) is 0 Å². The van der Waals surface area contributed by atoms with Crippen molar-refractivity contribution >= 4 is 11.6 Å². The van der Waals surface area contributed by atoms with E-state index in [2.05, 4.69) is 0 Å². The Balaban J connectivity index is 2.98. The van der Waals surface area contributed by atoms with Gasteiger partial charge in [-0.15, -0.1) is 0 Å². The molecule has 0 aliphatic rings. The number of aliphatic hydroxyl groups is 1. The van der Waals surface area contributed by atoms with E-state index >= 15 is 0 Å². The van der Waals surface area contributed by atoms with Crippen LogP contribution >= 0.6 is 11.6 Å². The first-order valence-electron chi connectivity index (χ1n) is 2.65. The molecular weight excluding hydrogens is 138 g/mol. The number of hydrogen-bond donors (Lipinski definition) is 1. The maximum absolute atomic E-state index is 8.60. The maximum atomic E-state index is 8.60. The van der Waals surface area contributed by atoms with Crippen molar-refractivity contribution in [2.75, 3.05) is 0 Å². The summed E-state index contributed by atoms with van der Waals surface area (Å²) in [7, 11) is 1.83. The Hall–Kier alpha value is -0.470. The lowest BCUT2D eigenvalue weighted by atomic mass is 10.4. The highest BCUT2D eigenvalue weighted by molar-refractivity contribution is 6.29. The number of aryl methyl sites for hydroxylation is 1. The molecule has 0 spiro atoms. The summed E-state index contributed by atoms with van der Waals surface area (Å²) in [4.78, 5) is 0. The quantitative estimate of drug-likeness (QED) is 0.631. The summed E-state index contributed by atoms with van der Waals surface area (Å²) in [5.74, 6) is 0. The van der Waals surface area contributed by atoms with E-state index in [0.717, 1.165) is 5.56 Å². The number of nitrogens with zero attached hydrogens (tertiary/aromatic N) is 1. The molecule has 0 bridgehead atoms. The zero-order chi connectivity index (χ0) is 6.85. The third-order valence-electron chi connectivity index (χ3n) is 1.18. The summed E-state index contributed by atoms with van der Waals surface area (Å²) in [6, 6.07) is 1.74. The Kier molecular flexibility index (Phi) is 1.78. The fraction of sp³-hybridized carbons (Fsp3) is 0.333. The second kappa shape index (κ2) is 2.42. The first-order valence-corrected chi connectivity index (χ1v) is 3.03. The van der Waals surface area contributed by atoms with Crippen LogP contribution in [0.2, 0.25) is 5.15 Å². The van der Waals surface area contributed by atoms with E-state index in [1.807, 2.05) is 7.05 Å². The van der Waals surface area contributed by atoms with Gasteiger partial charge in [0.1, 0.15) is 5.15 Å². The molecule has 9 heavy (non-hydrogen) atoms. The van der Waals surface area contributed by atoms with Crippen LogP contribution in [-0.2, 0) is 13.7 Å². The van der Waals surface area contributed by atoms with Crippen LogP contribution in [0.1, 0.15) is 5.56 Å². The van der Waals surface area contributed by atoms with E-state index in [-0.39, 0.29) is 6.61 Å². The minimum atomic E-state index is 0.0561. The predicted molar refractivity (Wildman–Crippen MR) is 36.3 cm³/mol. The largest absolute Gasteiger partial charge is 0.392 e. The maximum Gasteiger partial charge on any atom is 0.108 e. The highest BCUT2D eigenvalue weighted by Crippen LogP contribution is 2.11. The molecule has 1 N–H and O–H groups in total. The summed E-state index contributed by atoms with van der Waals surface area (Å²) >= 11 is 5.66. The molecule has 0 aliphatic heterocycles. The monoisotopic (exact) mass is 145 g/mol. The van der Waals surface area contributed by atoms with Gasteiger partial charge in [-0.3, -0.25) is 0 Å². The van der Waals surface area contributed by atoms with Crippen LogP contribution in [-0.4, -0.2) is 9.67 Å². The van der Waals surface area contributed by atoms with Crippen LogP contribution in [0, 0.1) is 0 Å². The second-order valence-electron chi connectivity index (χ2n) is 1.94. The third-order valence-corrected chi connectivity index (χ3v) is 1.56. The molecule has 1 rings (SSSR count). The Labute approximate surface area is 58.7 Å². The number of hydrogen-bond acceptors (Lipinski definition) is 1. The van der Waals surface area contributed by atoms with Crippen LogP contribution in [0.25, 0.3) is 0 Å². The van der Waals surface area contributed by atoms with Gasteiger partial charge in [0.25, 0.3) is 0 Å². The van der Waals surface area contributed by atoms with Crippen LogP contribution in [0.5, 0.6) is 0 Å². The van der Waals surface area contributed by atoms with Gasteiger partial charge in [0.15, 0.2) is 0 Å². The molecule has 0 aliphatic carbocycles. The highest BCUT2D eigenvalue weighted by Gasteiger charge is 1.96. The number of rotatable bonds is 1. The number of halogens is 1. The normalized spacial score (nSPS) is 10.1. The van der Waals surface area contributed by atoms with Gasteiger partial charge in [-0.05, 0) is 11.6 Å². The van der Waals surface area contributed by atoms with Crippen molar-refractivity contribution in [3.63, 3.8) is 0 Å². The smallest absolute Gasteiger partial charge is 0.108 e. The Bertz CT molecular complexity index is 187. The standard InChI is InChI=1S/C6H8ClNO/c1-8-3-5(4-9)2-6(8)7/h2-3,9H,4H2,1H3. The minimum absolute atomic E-state index is 0.0561. The van der Waals surface area contributed by atoms with E-state index in [4.69, 9.17) is 16.7 Å².